The summed E-state index contributed by atoms with van der Waals surface area (Å²) < 4.78 is 31.6. The molecule has 0 saturated heterocycles. The van der Waals surface area contributed by atoms with Gasteiger partial charge in [-0.05, 0) is 24.1 Å². The first kappa shape index (κ1) is 14.0. The number of hydrogen-bond acceptors (Lipinski definition) is 4. The van der Waals surface area contributed by atoms with Crippen molar-refractivity contribution in [1.82, 2.24) is 0 Å². The summed E-state index contributed by atoms with van der Waals surface area (Å²) in [6.45, 7) is 0.738. The van der Waals surface area contributed by atoms with Crippen molar-refractivity contribution in [2.45, 2.75) is 6.42 Å². The van der Waals surface area contributed by atoms with Gasteiger partial charge in [0.15, 0.2) is 0 Å². The second-order valence-corrected chi connectivity index (χ2v) is 5.34. The van der Waals surface area contributed by atoms with Crippen LogP contribution in [0.1, 0.15) is 5.56 Å². The van der Waals surface area contributed by atoms with E-state index in [1.807, 2.05) is 12.1 Å². The van der Waals surface area contributed by atoms with Crippen LogP contribution < -0.4 is 9.88 Å². The molecule has 0 heterocycles. The maximum Gasteiger partial charge on any atom is 0.212 e. The van der Waals surface area contributed by atoms with E-state index in [2.05, 4.69) is 0 Å². The van der Waals surface area contributed by atoms with E-state index in [0.717, 1.165) is 12.0 Å². The number of nitrogens with two attached hydrogens (primary N) is 1. The molecule has 1 aromatic carbocycles. The van der Waals surface area contributed by atoms with Crippen molar-refractivity contribution in [3.63, 3.8) is 0 Å². The number of hydrogen-bond donors (Lipinski definition) is 1. The molecule has 5 nitrogen and oxygen atoms in total. The van der Waals surface area contributed by atoms with Gasteiger partial charge in [-0.1, -0.05) is 12.1 Å². The van der Waals surface area contributed by atoms with Crippen molar-refractivity contribution < 1.29 is 17.9 Å². The van der Waals surface area contributed by atoms with E-state index in [0.29, 0.717) is 12.4 Å². The average Bonchev–Trinajstić information content (AvgIpc) is 2.26. The van der Waals surface area contributed by atoms with E-state index in [9.17, 15) is 8.42 Å². The first-order valence-electron chi connectivity index (χ1n) is 5.22. The first-order valence-corrected chi connectivity index (χ1v) is 6.94. The molecule has 0 aliphatic carbocycles. The number of rotatable bonds is 7. The van der Waals surface area contributed by atoms with Gasteiger partial charge in [-0.15, -0.1) is 0 Å². The second kappa shape index (κ2) is 6.58. The van der Waals surface area contributed by atoms with E-state index >= 15 is 0 Å². The summed E-state index contributed by atoms with van der Waals surface area (Å²) in [5, 5.41) is 4.86. The normalized spacial score (nSPS) is 11.4. The number of primary sulfonamides is 1. The molecular formula is C11H17NO4S. The van der Waals surface area contributed by atoms with Crippen LogP contribution >= 0.6 is 0 Å². The fourth-order valence-corrected chi connectivity index (χ4v) is 1.56. The van der Waals surface area contributed by atoms with Gasteiger partial charge < -0.3 is 9.47 Å². The highest BCUT2D eigenvalue weighted by atomic mass is 32.2. The van der Waals surface area contributed by atoms with Crippen molar-refractivity contribution in [3.05, 3.63) is 29.8 Å². The van der Waals surface area contributed by atoms with E-state index in [1.54, 1.807) is 19.2 Å². The number of sulfonamides is 1. The molecule has 0 aliphatic heterocycles. The topological polar surface area (TPSA) is 78.6 Å². The van der Waals surface area contributed by atoms with Crippen molar-refractivity contribution in [1.29, 1.82) is 0 Å². The van der Waals surface area contributed by atoms with Crippen LogP contribution in [-0.2, 0) is 21.2 Å². The molecule has 2 N–H and O–H groups in total. The standard InChI is InChI=1S/C11H17NO4S/c1-15-7-6-10-2-4-11(5-3-10)16-8-9-17(12,13)14/h2-5H,6-9H2,1H3,(H2,12,13,14). The highest BCUT2D eigenvalue weighted by molar-refractivity contribution is 7.89. The second-order valence-electron chi connectivity index (χ2n) is 3.60. The zero-order valence-corrected chi connectivity index (χ0v) is 10.6. The summed E-state index contributed by atoms with van der Waals surface area (Å²) in [6, 6.07) is 7.44. The number of methoxy groups -OCH3 is 1. The monoisotopic (exact) mass is 259 g/mol. The fraction of sp³-hybridized carbons (Fsp3) is 0.455. The number of benzene rings is 1. The highest BCUT2D eigenvalue weighted by Crippen LogP contribution is 2.12. The smallest absolute Gasteiger partial charge is 0.212 e. The van der Waals surface area contributed by atoms with E-state index in [4.69, 9.17) is 14.6 Å². The Labute approximate surface area is 102 Å². The lowest BCUT2D eigenvalue weighted by molar-refractivity contribution is 0.202. The molecule has 6 heteroatoms. The van der Waals surface area contributed by atoms with Crippen LogP contribution in [0.4, 0.5) is 0 Å². The Morgan fingerprint density at radius 1 is 1.18 bits per heavy atom. The van der Waals surface area contributed by atoms with Gasteiger partial charge in [0.2, 0.25) is 10.0 Å². The highest BCUT2D eigenvalue weighted by Gasteiger charge is 2.02. The molecule has 0 saturated carbocycles. The van der Waals surface area contributed by atoms with E-state index in [-0.39, 0.29) is 12.4 Å². The maximum atomic E-state index is 10.7. The lowest BCUT2D eigenvalue weighted by Crippen LogP contribution is -2.21. The summed E-state index contributed by atoms with van der Waals surface area (Å²) in [5.41, 5.74) is 1.14. The zero-order valence-electron chi connectivity index (χ0n) is 9.76. The maximum absolute atomic E-state index is 10.7. The molecule has 0 amide bonds. The molecule has 0 fully saturated rings. The Bertz CT molecular complexity index is 427. The van der Waals surface area contributed by atoms with Crippen LogP contribution in [-0.4, -0.2) is 34.5 Å². The fourth-order valence-electron chi connectivity index (χ4n) is 1.25. The Kier molecular flexibility index (Phi) is 5.40. The largest absolute Gasteiger partial charge is 0.492 e. The minimum absolute atomic E-state index is 0.0657. The molecule has 96 valence electrons. The average molecular weight is 259 g/mol. The van der Waals surface area contributed by atoms with Crippen molar-refractivity contribution >= 4 is 10.0 Å². The third-order valence-corrected chi connectivity index (χ3v) is 2.89. The van der Waals surface area contributed by atoms with Crippen LogP contribution in [0.5, 0.6) is 5.75 Å². The summed E-state index contributed by atoms with van der Waals surface area (Å²) in [5.74, 6) is 0.452. The van der Waals surface area contributed by atoms with Gasteiger partial charge in [0.1, 0.15) is 12.4 Å². The van der Waals surface area contributed by atoms with E-state index in [1.165, 1.54) is 0 Å². The molecule has 0 spiro atoms. The van der Waals surface area contributed by atoms with Crippen LogP contribution in [0.3, 0.4) is 0 Å². The molecule has 0 aromatic heterocycles. The third kappa shape index (κ3) is 6.25. The van der Waals surface area contributed by atoms with Crippen LogP contribution in [0.15, 0.2) is 24.3 Å². The SMILES string of the molecule is COCCc1ccc(OCCS(N)(=O)=O)cc1. The Balaban J connectivity index is 2.40. The predicted octanol–water partition coefficient (Wildman–Crippen LogP) is 0.543. The molecular weight excluding hydrogens is 242 g/mol. The Hall–Kier alpha value is -1.11. The molecule has 1 rings (SSSR count). The van der Waals surface area contributed by atoms with Gasteiger partial charge >= 0.3 is 0 Å². The van der Waals surface area contributed by atoms with Gasteiger partial charge in [0, 0.05) is 7.11 Å². The molecule has 0 bridgehead atoms. The van der Waals surface area contributed by atoms with Crippen molar-refractivity contribution in [3.8, 4) is 5.75 Å². The van der Waals surface area contributed by atoms with Gasteiger partial charge in [-0.2, -0.15) is 0 Å². The first-order chi connectivity index (χ1) is 8.01. The third-order valence-electron chi connectivity index (χ3n) is 2.15. The summed E-state index contributed by atoms with van der Waals surface area (Å²) >= 11 is 0. The molecule has 0 radical (unpaired) electrons. The van der Waals surface area contributed by atoms with E-state index < -0.39 is 10.0 Å². The van der Waals surface area contributed by atoms with Gasteiger partial charge in [-0.3, -0.25) is 0 Å². The van der Waals surface area contributed by atoms with Crippen molar-refractivity contribution in [2.24, 2.45) is 5.14 Å². The minimum atomic E-state index is -3.46. The van der Waals surface area contributed by atoms with Crippen LogP contribution in [0.2, 0.25) is 0 Å². The lowest BCUT2D eigenvalue weighted by Gasteiger charge is -2.06. The summed E-state index contributed by atoms with van der Waals surface area (Å²) in [7, 11) is -1.80. The van der Waals surface area contributed by atoms with Gasteiger partial charge in [0.05, 0.1) is 12.4 Å². The molecule has 1 aromatic rings. The van der Waals surface area contributed by atoms with Crippen LogP contribution in [0.25, 0.3) is 0 Å². The zero-order chi connectivity index (χ0) is 12.7. The summed E-state index contributed by atoms with van der Waals surface area (Å²) in [6.07, 6.45) is 0.841. The molecule has 17 heavy (non-hydrogen) atoms. The lowest BCUT2D eigenvalue weighted by atomic mass is 10.1. The van der Waals surface area contributed by atoms with Crippen molar-refractivity contribution in [2.75, 3.05) is 26.1 Å². The van der Waals surface area contributed by atoms with Crippen LogP contribution in [0, 0.1) is 0 Å². The molecule has 0 unspecified atom stereocenters. The molecule has 0 aliphatic rings. The number of ether oxygens (including phenoxy) is 2. The predicted molar refractivity (Wildman–Crippen MR) is 65.5 cm³/mol. The minimum Gasteiger partial charge on any atom is -0.492 e. The van der Waals surface area contributed by atoms with Gasteiger partial charge in [-0.25, -0.2) is 13.6 Å². The Morgan fingerprint density at radius 2 is 1.82 bits per heavy atom. The molecule has 0 atom stereocenters. The summed E-state index contributed by atoms with van der Waals surface area (Å²) in [4.78, 5) is 0. The quantitative estimate of drug-likeness (QED) is 0.775. The van der Waals surface area contributed by atoms with Gasteiger partial charge in [0.25, 0.3) is 0 Å². The Morgan fingerprint density at radius 3 is 2.35 bits per heavy atom.